The summed E-state index contributed by atoms with van der Waals surface area (Å²) in [5.74, 6) is 0.481. The van der Waals surface area contributed by atoms with Crippen LogP contribution in [-0.4, -0.2) is 42.1 Å². The molecule has 0 radical (unpaired) electrons. The van der Waals surface area contributed by atoms with E-state index in [9.17, 15) is 9.90 Å². The number of aryl methyl sites for hydroxylation is 2. The molecule has 1 aromatic carbocycles. The van der Waals surface area contributed by atoms with E-state index in [1.54, 1.807) is 23.5 Å². The van der Waals surface area contributed by atoms with Crippen LogP contribution in [0.1, 0.15) is 33.0 Å². The van der Waals surface area contributed by atoms with E-state index < -0.39 is 0 Å². The Balaban J connectivity index is 1.41. The molecule has 0 atom stereocenters. The summed E-state index contributed by atoms with van der Waals surface area (Å²) >= 11 is 1.70. The zero-order valence-electron chi connectivity index (χ0n) is 13.7. The highest BCUT2D eigenvalue weighted by atomic mass is 32.1. The Hall–Kier alpha value is -2.01. The van der Waals surface area contributed by atoms with Crippen LogP contribution in [0.25, 0.3) is 0 Å². The van der Waals surface area contributed by atoms with Crippen LogP contribution >= 0.6 is 11.3 Å². The lowest BCUT2D eigenvalue weighted by Crippen LogP contribution is -2.48. The SMILES string of the molecule is O=C(c1cc2c(s1)CCCC2)N1CCN(c2ccc(O)cc2)CC1. The second-order valence-electron chi connectivity index (χ2n) is 6.56. The molecule has 2 aromatic rings. The van der Waals surface area contributed by atoms with Crippen LogP contribution in [0.3, 0.4) is 0 Å². The predicted molar refractivity (Wildman–Crippen MR) is 97.2 cm³/mol. The Morgan fingerprint density at radius 2 is 1.71 bits per heavy atom. The maximum Gasteiger partial charge on any atom is 0.264 e. The molecule has 0 unspecified atom stereocenters. The molecule has 5 heteroatoms. The smallest absolute Gasteiger partial charge is 0.264 e. The van der Waals surface area contributed by atoms with Crippen LogP contribution in [0.15, 0.2) is 30.3 Å². The van der Waals surface area contributed by atoms with Gasteiger partial charge in [0.05, 0.1) is 4.88 Å². The molecule has 2 heterocycles. The maximum absolute atomic E-state index is 12.8. The average molecular weight is 342 g/mol. The van der Waals surface area contributed by atoms with Gasteiger partial charge in [-0.3, -0.25) is 4.79 Å². The van der Waals surface area contributed by atoms with Crippen molar-refractivity contribution in [3.8, 4) is 5.75 Å². The van der Waals surface area contributed by atoms with Crippen molar-refractivity contribution >= 4 is 22.9 Å². The molecule has 1 aliphatic heterocycles. The predicted octanol–water partition coefficient (Wildman–Crippen LogP) is 3.29. The summed E-state index contributed by atoms with van der Waals surface area (Å²) in [6, 6.07) is 9.42. The number of rotatable bonds is 2. The molecule has 1 fully saturated rings. The molecule has 1 amide bonds. The van der Waals surface area contributed by atoms with Gasteiger partial charge in [-0.15, -0.1) is 11.3 Å². The van der Waals surface area contributed by atoms with Gasteiger partial charge in [0.25, 0.3) is 5.91 Å². The summed E-state index contributed by atoms with van der Waals surface area (Å²) in [5, 5.41) is 9.40. The standard InChI is InChI=1S/C19H22N2O2S/c22-16-7-5-15(6-8-16)20-9-11-21(12-10-20)19(23)18-13-14-3-1-2-4-17(14)24-18/h5-8,13,22H,1-4,9-12H2. The van der Waals surface area contributed by atoms with E-state index in [0.29, 0.717) is 0 Å². The molecule has 1 N–H and O–H groups in total. The number of fused-ring (bicyclic) bond motifs is 1. The third kappa shape index (κ3) is 3.00. The molecular weight excluding hydrogens is 320 g/mol. The number of hydrogen-bond acceptors (Lipinski definition) is 4. The minimum Gasteiger partial charge on any atom is -0.508 e. The fraction of sp³-hybridized carbons (Fsp3) is 0.421. The van der Waals surface area contributed by atoms with Gasteiger partial charge in [0.1, 0.15) is 5.75 Å². The van der Waals surface area contributed by atoms with E-state index in [1.165, 1.54) is 23.3 Å². The molecule has 126 valence electrons. The molecule has 24 heavy (non-hydrogen) atoms. The van der Waals surface area contributed by atoms with Crippen LogP contribution in [0, 0.1) is 0 Å². The molecule has 1 aliphatic carbocycles. The van der Waals surface area contributed by atoms with Crippen molar-refractivity contribution in [3.63, 3.8) is 0 Å². The van der Waals surface area contributed by atoms with Gasteiger partial charge >= 0.3 is 0 Å². The summed E-state index contributed by atoms with van der Waals surface area (Å²) in [6.45, 7) is 3.17. The molecular formula is C19H22N2O2S. The zero-order chi connectivity index (χ0) is 16.5. The number of phenolic OH excluding ortho intramolecular Hbond substituents is 1. The van der Waals surface area contributed by atoms with Gasteiger partial charge < -0.3 is 14.9 Å². The van der Waals surface area contributed by atoms with Crippen LogP contribution in [0.5, 0.6) is 5.75 Å². The van der Waals surface area contributed by atoms with Gasteiger partial charge in [-0.1, -0.05) is 0 Å². The molecule has 4 nitrogen and oxygen atoms in total. The lowest BCUT2D eigenvalue weighted by molar-refractivity contribution is 0.0751. The first-order chi connectivity index (χ1) is 11.7. The van der Waals surface area contributed by atoms with Gasteiger partial charge in [0, 0.05) is 36.7 Å². The fourth-order valence-corrected chi connectivity index (χ4v) is 4.80. The number of piperazine rings is 1. The highest BCUT2D eigenvalue weighted by molar-refractivity contribution is 7.14. The number of amides is 1. The first kappa shape index (κ1) is 15.5. The van der Waals surface area contributed by atoms with E-state index in [0.717, 1.165) is 49.6 Å². The number of hydrogen-bond donors (Lipinski definition) is 1. The maximum atomic E-state index is 12.8. The second kappa shape index (κ2) is 6.48. The van der Waals surface area contributed by atoms with Crippen molar-refractivity contribution in [1.82, 2.24) is 4.90 Å². The topological polar surface area (TPSA) is 43.8 Å². The van der Waals surface area contributed by atoms with Gasteiger partial charge in [-0.2, -0.15) is 0 Å². The van der Waals surface area contributed by atoms with Crippen molar-refractivity contribution in [2.24, 2.45) is 0 Å². The number of benzene rings is 1. The molecule has 2 aliphatic rings. The number of thiophene rings is 1. The Kier molecular flexibility index (Phi) is 4.19. The number of carbonyl (C=O) groups is 1. The largest absolute Gasteiger partial charge is 0.508 e. The first-order valence-electron chi connectivity index (χ1n) is 8.65. The zero-order valence-corrected chi connectivity index (χ0v) is 14.5. The van der Waals surface area contributed by atoms with Gasteiger partial charge in [-0.25, -0.2) is 0 Å². The number of phenols is 1. The van der Waals surface area contributed by atoms with Crippen molar-refractivity contribution in [3.05, 3.63) is 45.6 Å². The third-order valence-electron chi connectivity index (χ3n) is 4.99. The molecule has 0 saturated carbocycles. The van der Waals surface area contributed by atoms with E-state index in [1.807, 2.05) is 17.0 Å². The van der Waals surface area contributed by atoms with Crippen molar-refractivity contribution in [2.75, 3.05) is 31.1 Å². The van der Waals surface area contributed by atoms with E-state index in [2.05, 4.69) is 11.0 Å². The lowest BCUT2D eigenvalue weighted by Gasteiger charge is -2.36. The van der Waals surface area contributed by atoms with Crippen molar-refractivity contribution < 1.29 is 9.90 Å². The lowest BCUT2D eigenvalue weighted by atomic mass is 9.99. The van der Waals surface area contributed by atoms with Gasteiger partial charge in [0.2, 0.25) is 0 Å². The Bertz CT molecular complexity index is 707. The Labute approximate surface area is 146 Å². The normalized spacial score (nSPS) is 17.7. The van der Waals surface area contributed by atoms with Crippen LogP contribution < -0.4 is 4.90 Å². The minimum absolute atomic E-state index is 0.194. The quantitative estimate of drug-likeness (QED) is 0.911. The van der Waals surface area contributed by atoms with Crippen LogP contribution in [0.2, 0.25) is 0 Å². The summed E-state index contributed by atoms with van der Waals surface area (Å²) in [5.41, 5.74) is 2.50. The molecule has 4 rings (SSSR count). The van der Waals surface area contributed by atoms with Crippen LogP contribution in [-0.2, 0) is 12.8 Å². The number of carbonyl (C=O) groups excluding carboxylic acids is 1. The van der Waals surface area contributed by atoms with Crippen LogP contribution in [0.4, 0.5) is 5.69 Å². The highest BCUT2D eigenvalue weighted by Crippen LogP contribution is 2.30. The second-order valence-corrected chi connectivity index (χ2v) is 7.70. The molecule has 0 bridgehead atoms. The minimum atomic E-state index is 0.194. The fourth-order valence-electron chi connectivity index (χ4n) is 3.58. The van der Waals surface area contributed by atoms with E-state index in [4.69, 9.17) is 0 Å². The summed E-state index contributed by atoms with van der Waals surface area (Å²) < 4.78 is 0. The Morgan fingerprint density at radius 3 is 2.42 bits per heavy atom. The van der Waals surface area contributed by atoms with E-state index in [-0.39, 0.29) is 11.7 Å². The molecule has 0 spiro atoms. The summed E-state index contributed by atoms with van der Waals surface area (Å²) in [7, 11) is 0. The summed E-state index contributed by atoms with van der Waals surface area (Å²) in [4.78, 5) is 19.4. The molecule has 1 saturated heterocycles. The van der Waals surface area contributed by atoms with Gasteiger partial charge in [-0.05, 0) is 61.6 Å². The average Bonchev–Trinajstić information content (AvgIpc) is 3.06. The monoisotopic (exact) mass is 342 g/mol. The first-order valence-corrected chi connectivity index (χ1v) is 9.47. The molecule has 1 aromatic heterocycles. The van der Waals surface area contributed by atoms with Crippen molar-refractivity contribution in [2.45, 2.75) is 25.7 Å². The number of anilines is 1. The summed E-state index contributed by atoms with van der Waals surface area (Å²) in [6.07, 6.45) is 4.78. The number of nitrogens with zero attached hydrogens (tertiary/aromatic N) is 2. The van der Waals surface area contributed by atoms with Crippen molar-refractivity contribution in [1.29, 1.82) is 0 Å². The highest BCUT2D eigenvalue weighted by Gasteiger charge is 2.25. The van der Waals surface area contributed by atoms with E-state index >= 15 is 0 Å². The number of aromatic hydroxyl groups is 1. The van der Waals surface area contributed by atoms with Gasteiger partial charge in [0.15, 0.2) is 0 Å². The Morgan fingerprint density at radius 1 is 1.00 bits per heavy atom. The third-order valence-corrected chi connectivity index (χ3v) is 6.21.